The average molecular weight is 267 g/mol. The smallest absolute Gasteiger partial charge is 0.0468 e. The lowest BCUT2D eigenvalue weighted by Gasteiger charge is -2.13. The molecule has 0 N–H and O–H groups in total. The van der Waals surface area contributed by atoms with E-state index in [1.165, 1.54) is 6.42 Å². The summed E-state index contributed by atoms with van der Waals surface area (Å²) in [7, 11) is 0. The van der Waals surface area contributed by atoms with Gasteiger partial charge in [0.05, 0.1) is 0 Å². The molecular weight excluding hydrogens is 244 g/mol. The van der Waals surface area contributed by atoms with Crippen molar-refractivity contribution in [2.45, 2.75) is 33.1 Å². The molecule has 0 saturated heterocycles. The van der Waals surface area contributed by atoms with Crippen LogP contribution in [0.25, 0.3) is 0 Å². The van der Waals surface area contributed by atoms with Gasteiger partial charge in [-0.15, -0.1) is 0 Å². The summed E-state index contributed by atoms with van der Waals surface area (Å²) in [6.07, 6.45) is 3.56. The molecule has 0 aromatic carbocycles. The lowest BCUT2D eigenvalue weighted by molar-refractivity contribution is 0.123. The highest BCUT2D eigenvalue weighted by Gasteiger charge is 2.06. The Hall–Kier alpha value is 0.400. The monoisotopic (exact) mass is 266 g/mol. The summed E-state index contributed by atoms with van der Waals surface area (Å²) < 4.78 is 10.6. The molecule has 0 aliphatic rings. The minimum atomic E-state index is 0.738. The molecule has 0 spiro atoms. The molecule has 3 heteroatoms. The fraction of sp³-hybridized carbons (Fsp3) is 1.00. The van der Waals surface area contributed by atoms with Gasteiger partial charge in [-0.3, -0.25) is 0 Å². The topological polar surface area (TPSA) is 18.5 Å². The van der Waals surface area contributed by atoms with E-state index in [0.717, 1.165) is 50.5 Å². The van der Waals surface area contributed by atoms with E-state index >= 15 is 0 Å². The van der Waals surface area contributed by atoms with Gasteiger partial charge in [-0.2, -0.15) is 0 Å². The predicted octanol–water partition coefficient (Wildman–Crippen LogP) is 3.24. The van der Waals surface area contributed by atoms with Crippen molar-refractivity contribution >= 4 is 15.9 Å². The molecule has 1 atom stereocenters. The molecule has 0 aliphatic carbocycles. The third-order valence-corrected chi connectivity index (χ3v) is 3.11. The van der Waals surface area contributed by atoms with Gasteiger partial charge in [0, 0.05) is 31.8 Å². The number of alkyl halides is 1. The van der Waals surface area contributed by atoms with E-state index in [9.17, 15) is 0 Å². The fourth-order valence-electron chi connectivity index (χ4n) is 1.31. The van der Waals surface area contributed by atoms with E-state index in [4.69, 9.17) is 9.47 Å². The Bertz CT molecular complexity index is 109. The number of halogens is 1. The second-order valence-electron chi connectivity index (χ2n) is 3.35. The Balaban J connectivity index is 3.28. The van der Waals surface area contributed by atoms with Gasteiger partial charge in [0.25, 0.3) is 0 Å². The molecule has 0 fully saturated rings. The molecule has 0 saturated carbocycles. The molecule has 0 amide bonds. The second-order valence-corrected chi connectivity index (χ2v) is 3.99. The summed E-state index contributed by atoms with van der Waals surface area (Å²) in [6, 6.07) is 0. The van der Waals surface area contributed by atoms with Crippen LogP contribution < -0.4 is 0 Å². The van der Waals surface area contributed by atoms with Crippen LogP contribution >= 0.6 is 15.9 Å². The number of hydrogen-bond acceptors (Lipinski definition) is 2. The van der Waals surface area contributed by atoms with Crippen molar-refractivity contribution in [1.29, 1.82) is 0 Å². The van der Waals surface area contributed by atoms with Gasteiger partial charge in [0.1, 0.15) is 0 Å². The maximum Gasteiger partial charge on any atom is 0.0468 e. The Kier molecular flexibility index (Phi) is 11.8. The SMILES string of the molecule is CCOCCCC(CBr)CCOCC. The maximum atomic E-state index is 5.34. The zero-order chi connectivity index (χ0) is 10.6. The van der Waals surface area contributed by atoms with Crippen molar-refractivity contribution in [2.24, 2.45) is 5.92 Å². The largest absolute Gasteiger partial charge is 0.382 e. The summed E-state index contributed by atoms with van der Waals surface area (Å²) in [5, 5.41) is 1.08. The number of ether oxygens (including phenoxy) is 2. The molecule has 86 valence electrons. The maximum absolute atomic E-state index is 5.34. The first-order valence-corrected chi connectivity index (χ1v) is 6.68. The minimum absolute atomic E-state index is 0.738. The molecule has 14 heavy (non-hydrogen) atoms. The summed E-state index contributed by atoms with van der Waals surface area (Å²) in [5.41, 5.74) is 0. The highest BCUT2D eigenvalue weighted by molar-refractivity contribution is 9.09. The van der Waals surface area contributed by atoms with Gasteiger partial charge in [-0.1, -0.05) is 15.9 Å². The summed E-state index contributed by atoms with van der Waals surface area (Å²) in [6.45, 7) is 7.52. The first-order valence-electron chi connectivity index (χ1n) is 5.56. The molecule has 1 unspecified atom stereocenters. The normalized spacial score (nSPS) is 13.1. The highest BCUT2D eigenvalue weighted by atomic mass is 79.9. The lowest BCUT2D eigenvalue weighted by atomic mass is 10.0. The van der Waals surface area contributed by atoms with Crippen LogP contribution in [0.4, 0.5) is 0 Å². The van der Waals surface area contributed by atoms with Crippen molar-refractivity contribution in [3.05, 3.63) is 0 Å². The van der Waals surface area contributed by atoms with Crippen molar-refractivity contribution in [2.75, 3.05) is 31.8 Å². The second kappa shape index (κ2) is 11.5. The lowest BCUT2D eigenvalue weighted by Crippen LogP contribution is -2.08. The van der Waals surface area contributed by atoms with Gasteiger partial charge >= 0.3 is 0 Å². The Labute approximate surface area is 96.5 Å². The molecule has 0 radical (unpaired) electrons. The third kappa shape index (κ3) is 8.97. The van der Waals surface area contributed by atoms with Crippen LogP contribution in [-0.4, -0.2) is 31.8 Å². The fourth-order valence-corrected chi connectivity index (χ4v) is 1.96. The van der Waals surface area contributed by atoms with E-state index in [1.807, 2.05) is 13.8 Å². The minimum Gasteiger partial charge on any atom is -0.382 e. The third-order valence-electron chi connectivity index (χ3n) is 2.20. The zero-order valence-electron chi connectivity index (χ0n) is 9.43. The van der Waals surface area contributed by atoms with Gasteiger partial charge in [-0.25, -0.2) is 0 Å². The van der Waals surface area contributed by atoms with E-state index in [-0.39, 0.29) is 0 Å². The molecule has 0 aromatic heterocycles. The molecular formula is C11H23BrO2. The first-order chi connectivity index (χ1) is 6.85. The Morgan fingerprint density at radius 3 is 2.21 bits per heavy atom. The van der Waals surface area contributed by atoms with Gasteiger partial charge in [0.2, 0.25) is 0 Å². The predicted molar refractivity (Wildman–Crippen MR) is 64.1 cm³/mol. The Morgan fingerprint density at radius 2 is 1.64 bits per heavy atom. The van der Waals surface area contributed by atoms with Crippen LogP contribution in [0.5, 0.6) is 0 Å². The van der Waals surface area contributed by atoms with Crippen LogP contribution in [0.3, 0.4) is 0 Å². The molecule has 0 rings (SSSR count). The van der Waals surface area contributed by atoms with Crippen LogP contribution in [0.2, 0.25) is 0 Å². The van der Waals surface area contributed by atoms with Crippen molar-refractivity contribution < 1.29 is 9.47 Å². The summed E-state index contributed by atoms with van der Waals surface area (Å²) >= 11 is 3.54. The standard InChI is InChI=1S/C11H23BrO2/c1-3-13-8-5-6-11(10-12)7-9-14-4-2/h11H,3-10H2,1-2H3. The quantitative estimate of drug-likeness (QED) is 0.447. The molecule has 0 aromatic rings. The van der Waals surface area contributed by atoms with Crippen molar-refractivity contribution in [3.63, 3.8) is 0 Å². The number of hydrogen-bond donors (Lipinski definition) is 0. The molecule has 0 heterocycles. The molecule has 0 bridgehead atoms. The van der Waals surface area contributed by atoms with Crippen LogP contribution in [0.1, 0.15) is 33.1 Å². The van der Waals surface area contributed by atoms with Gasteiger partial charge in [0.15, 0.2) is 0 Å². The van der Waals surface area contributed by atoms with Crippen molar-refractivity contribution in [3.8, 4) is 0 Å². The summed E-state index contributed by atoms with van der Waals surface area (Å²) in [4.78, 5) is 0. The molecule has 2 nitrogen and oxygen atoms in total. The van der Waals surface area contributed by atoms with E-state index in [2.05, 4.69) is 15.9 Å². The Morgan fingerprint density at radius 1 is 1.00 bits per heavy atom. The van der Waals surface area contributed by atoms with Crippen LogP contribution in [0, 0.1) is 5.92 Å². The van der Waals surface area contributed by atoms with Gasteiger partial charge in [-0.05, 0) is 39.0 Å². The van der Waals surface area contributed by atoms with E-state index in [1.54, 1.807) is 0 Å². The van der Waals surface area contributed by atoms with Crippen molar-refractivity contribution in [1.82, 2.24) is 0 Å². The van der Waals surface area contributed by atoms with E-state index in [0.29, 0.717) is 0 Å². The number of rotatable bonds is 10. The average Bonchev–Trinajstić information content (AvgIpc) is 2.22. The van der Waals surface area contributed by atoms with Gasteiger partial charge < -0.3 is 9.47 Å². The van der Waals surface area contributed by atoms with E-state index < -0.39 is 0 Å². The molecule has 0 aliphatic heterocycles. The zero-order valence-corrected chi connectivity index (χ0v) is 11.0. The van der Waals surface area contributed by atoms with Crippen LogP contribution in [-0.2, 0) is 9.47 Å². The van der Waals surface area contributed by atoms with Crippen LogP contribution in [0.15, 0.2) is 0 Å². The highest BCUT2D eigenvalue weighted by Crippen LogP contribution is 2.14. The summed E-state index contributed by atoms with van der Waals surface area (Å²) in [5.74, 6) is 0.738. The first kappa shape index (κ1) is 14.4.